The summed E-state index contributed by atoms with van der Waals surface area (Å²) >= 11 is 11.6. The Kier molecular flexibility index (Phi) is 4.99. The van der Waals surface area contributed by atoms with Gasteiger partial charge < -0.3 is 0 Å². The first kappa shape index (κ1) is 11.9. The van der Waals surface area contributed by atoms with E-state index in [-0.39, 0.29) is 6.61 Å². The van der Waals surface area contributed by atoms with Gasteiger partial charge in [-0.25, -0.2) is 4.99 Å². The first-order valence-corrected chi connectivity index (χ1v) is 4.77. The molecule has 0 atom stereocenters. The molecule has 15 heavy (non-hydrogen) atoms. The van der Waals surface area contributed by atoms with Crippen LogP contribution in [0, 0.1) is 12.3 Å². The van der Waals surface area contributed by atoms with Gasteiger partial charge in [-0.05, 0) is 18.2 Å². The molecule has 0 heterocycles. The molecule has 0 spiro atoms. The maximum Gasteiger partial charge on any atom is 0.135 e. The summed E-state index contributed by atoms with van der Waals surface area (Å²) in [6.45, 7) is 0.169. The van der Waals surface area contributed by atoms with Crippen LogP contribution in [0.3, 0.4) is 0 Å². The van der Waals surface area contributed by atoms with Crippen LogP contribution in [-0.4, -0.2) is 12.9 Å². The first-order chi connectivity index (χ1) is 7.22. The Morgan fingerprint density at radius 1 is 1.40 bits per heavy atom. The number of aliphatic imine (C=N–C) groups is 1. The van der Waals surface area contributed by atoms with Crippen LogP contribution >= 0.6 is 23.2 Å². The Balaban J connectivity index is 2.53. The summed E-state index contributed by atoms with van der Waals surface area (Å²) in [5, 5.41) is 1.05. The summed E-state index contributed by atoms with van der Waals surface area (Å²) in [6, 6.07) is 4.98. The number of nitrogens with zero attached hydrogens (tertiary/aromatic N) is 1. The van der Waals surface area contributed by atoms with Gasteiger partial charge in [0.05, 0.1) is 5.69 Å². The standard InChI is InChI=1S/C10H8Cl2N2O/c1-2-3-15-14-7-13-10-5-8(11)4-9(12)6-10/h1,4-7H,3H2,(H,13,14). The maximum atomic E-state index is 5.78. The van der Waals surface area contributed by atoms with E-state index in [4.69, 9.17) is 34.5 Å². The van der Waals surface area contributed by atoms with Gasteiger partial charge in [-0.2, -0.15) is 0 Å². The molecule has 0 saturated heterocycles. The first-order valence-electron chi connectivity index (χ1n) is 4.02. The number of rotatable bonds is 4. The van der Waals surface area contributed by atoms with E-state index < -0.39 is 0 Å². The molecule has 0 amide bonds. The minimum absolute atomic E-state index is 0.169. The second-order valence-corrected chi connectivity index (χ2v) is 3.37. The zero-order valence-electron chi connectivity index (χ0n) is 7.71. The molecule has 1 aromatic carbocycles. The third kappa shape index (κ3) is 4.71. The highest BCUT2D eigenvalue weighted by atomic mass is 35.5. The number of nitrogens with one attached hydrogen (secondary N) is 1. The molecule has 0 bridgehead atoms. The van der Waals surface area contributed by atoms with Crippen LogP contribution in [0.5, 0.6) is 0 Å². The Morgan fingerprint density at radius 3 is 2.67 bits per heavy atom. The Hall–Kier alpha value is -1.21. The predicted molar refractivity (Wildman–Crippen MR) is 62.5 cm³/mol. The molecule has 0 aliphatic heterocycles. The van der Waals surface area contributed by atoms with Crippen LogP contribution in [0.2, 0.25) is 10.0 Å². The van der Waals surface area contributed by atoms with E-state index in [2.05, 4.69) is 16.4 Å². The van der Waals surface area contributed by atoms with Crippen molar-refractivity contribution in [1.29, 1.82) is 0 Å². The second-order valence-electron chi connectivity index (χ2n) is 2.50. The second kappa shape index (κ2) is 6.31. The summed E-state index contributed by atoms with van der Waals surface area (Å²) in [7, 11) is 0. The SMILES string of the molecule is C#CCONC=Nc1cc(Cl)cc(Cl)c1. The zero-order valence-corrected chi connectivity index (χ0v) is 9.22. The predicted octanol–water partition coefficient (Wildman–Crippen LogP) is 2.81. The lowest BCUT2D eigenvalue weighted by atomic mass is 10.3. The van der Waals surface area contributed by atoms with Gasteiger partial charge in [0.15, 0.2) is 0 Å². The molecule has 0 aliphatic rings. The minimum Gasteiger partial charge on any atom is -0.262 e. The molecule has 0 aliphatic carbocycles. The Morgan fingerprint density at radius 2 is 2.07 bits per heavy atom. The van der Waals surface area contributed by atoms with Crippen LogP contribution in [0.4, 0.5) is 5.69 Å². The van der Waals surface area contributed by atoms with Crippen molar-refractivity contribution in [3.63, 3.8) is 0 Å². The van der Waals surface area contributed by atoms with Crippen LogP contribution in [0.15, 0.2) is 23.2 Å². The number of hydrogen-bond acceptors (Lipinski definition) is 2. The van der Waals surface area contributed by atoms with Crippen molar-refractivity contribution in [2.24, 2.45) is 4.99 Å². The van der Waals surface area contributed by atoms with Crippen LogP contribution in [0.1, 0.15) is 0 Å². The van der Waals surface area contributed by atoms with Gasteiger partial charge in [0.1, 0.15) is 12.9 Å². The number of terminal acetylenes is 1. The molecular formula is C10H8Cl2N2O. The zero-order chi connectivity index (χ0) is 11.1. The summed E-state index contributed by atoms with van der Waals surface area (Å²) in [5.41, 5.74) is 3.08. The fourth-order valence-corrected chi connectivity index (χ4v) is 1.35. The van der Waals surface area contributed by atoms with Crippen molar-refractivity contribution < 1.29 is 4.84 Å². The van der Waals surface area contributed by atoms with Crippen molar-refractivity contribution in [3.8, 4) is 12.3 Å². The molecule has 78 valence electrons. The van der Waals surface area contributed by atoms with Crippen LogP contribution in [0.25, 0.3) is 0 Å². The van der Waals surface area contributed by atoms with Crippen molar-refractivity contribution >= 4 is 35.2 Å². The normalized spacial score (nSPS) is 10.2. The molecule has 0 unspecified atom stereocenters. The van der Waals surface area contributed by atoms with E-state index in [1.54, 1.807) is 18.2 Å². The van der Waals surface area contributed by atoms with E-state index in [9.17, 15) is 0 Å². The molecule has 5 heteroatoms. The van der Waals surface area contributed by atoms with Gasteiger partial charge in [0.2, 0.25) is 0 Å². The smallest absolute Gasteiger partial charge is 0.135 e. The largest absolute Gasteiger partial charge is 0.262 e. The molecule has 3 nitrogen and oxygen atoms in total. The van der Waals surface area contributed by atoms with Gasteiger partial charge in [0.25, 0.3) is 0 Å². The van der Waals surface area contributed by atoms with Crippen molar-refractivity contribution in [2.75, 3.05) is 6.61 Å². The average Bonchev–Trinajstić information content (AvgIpc) is 2.16. The monoisotopic (exact) mass is 242 g/mol. The lowest BCUT2D eigenvalue weighted by Gasteiger charge is -1.98. The van der Waals surface area contributed by atoms with E-state index in [0.717, 1.165) is 0 Å². The molecular weight excluding hydrogens is 235 g/mol. The highest BCUT2D eigenvalue weighted by Crippen LogP contribution is 2.23. The summed E-state index contributed by atoms with van der Waals surface area (Å²) in [6.07, 6.45) is 6.33. The van der Waals surface area contributed by atoms with Crippen molar-refractivity contribution in [3.05, 3.63) is 28.2 Å². The van der Waals surface area contributed by atoms with Crippen LogP contribution < -0.4 is 5.48 Å². The number of hydroxylamine groups is 1. The van der Waals surface area contributed by atoms with E-state index >= 15 is 0 Å². The lowest BCUT2D eigenvalue weighted by Crippen LogP contribution is -2.11. The van der Waals surface area contributed by atoms with Gasteiger partial charge >= 0.3 is 0 Å². The third-order valence-electron chi connectivity index (χ3n) is 1.35. The van der Waals surface area contributed by atoms with Crippen LogP contribution in [-0.2, 0) is 4.84 Å². The maximum absolute atomic E-state index is 5.78. The number of benzene rings is 1. The van der Waals surface area contributed by atoms with Crippen molar-refractivity contribution in [2.45, 2.75) is 0 Å². The molecule has 0 fully saturated rings. The lowest BCUT2D eigenvalue weighted by molar-refractivity contribution is 0.119. The molecule has 1 rings (SSSR count). The molecule has 0 radical (unpaired) electrons. The van der Waals surface area contributed by atoms with Gasteiger partial charge in [0, 0.05) is 10.0 Å². The fourth-order valence-electron chi connectivity index (χ4n) is 0.835. The van der Waals surface area contributed by atoms with E-state index in [1.807, 2.05) is 0 Å². The van der Waals surface area contributed by atoms with E-state index in [1.165, 1.54) is 6.34 Å². The number of halogens is 2. The highest BCUT2D eigenvalue weighted by Gasteiger charge is 1.95. The van der Waals surface area contributed by atoms with Gasteiger partial charge in [-0.1, -0.05) is 29.1 Å². The minimum atomic E-state index is 0.169. The molecule has 0 aromatic heterocycles. The third-order valence-corrected chi connectivity index (χ3v) is 1.79. The topological polar surface area (TPSA) is 33.6 Å². The summed E-state index contributed by atoms with van der Waals surface area (Å²) in [4.78, 5) is 8.76. The summed E-state index contributed by atoms with van der Waals surface area (Å²) in [5.74, 6) is 2.30. The molecule has 1 N–H and O–H groups in total. The quantitative estimate of drug-likeness (QED) is 0.290. The highest BCUT2D eigenvalue weighted by molar-refractivity contribution is 6.35. The number of hydrogen-bond donors (Lipinski definition) is 1. The Bertz CT molecular complexity index is 379. The average molecular weight is 243 g/mol. The summed E-state index contributed by atoms with van der Waals surface area (Å²) < 4.78 is 0. The fraction of sp³-hybridized carbons (Fsp3) is 0.100. The van der Waals surface area contributed by atoms with E-state index in [0.29, 0.717) is 15.7 Å². The van der Waals surface area contributed by atoms with Gasteiger partial charge in [-0.3, -0.25) is 10.3 Å². The van der Waals surface area contributed by atoms with Gasteiger partial charge in [-0.15, -0.1) is 6.42 Å². The van der Waals surface area contributed by atoms with Crippen molar-refractivity contribution in [1.82, 2.24) is 5.48 Å². The molecule has 1 aromatic rings. The molecule has 0 saturated carbocycles. The Labute approximate surface area is 98.0 Å².